The number of hydrogen-bond acceptors (Lipinski definition) is 5. The lowest BCUT2D eigenvalue weighted by Gasteiger charge is -2.11. The lowest BCUT2D eigenvalue weighted by atomic mass is 10.0. The first-order valence-corrected chi connectivity index (χ1v) is 5.65. The molecule has 0 heterocycles. The van der Waals surface area contributed by atoms with E-state index in [1.165, 1.54) is 14.2 Å². The Balaban J connectivity index is 3.11. The molecule has 5 heteroatoms. The molecule has 1 rings (SSSR count). The van der Waals surface area contributed by atoms with Crippen LogP contribution in [0.3, 0.4) is 0 Å². The van der Waals surface area contributed by atoms with Crippen LogP contribution in [0, 0.1) is 0 Å². The van der Waals surface area contributed by atoms with Crippen molar-refractivity contribution < 1.29 is 19.1 Å². The second-order valence-corrected chi connectivity index (χ2v) is 4.07. The van der Waals surface area contributed by atoms with E-state index in [4.69, 9.17) is 4.74 Å². The van der Waals surface area contributed by atoms with Crippen LogP contribution in [-0.2, 0) is 14.3 Å². The average Bonchev–Trinajstić information content (AvgIpc) is 2.43. The number of benzene rings is 1. The Hall–Kier alpha value is -2.30. The smallest absolute Gasteiger partial charge is 0.339 e. The van der Waals surface area contributed by atoms with Gasteiger partial charge in [-0.25, -0.2) is 9.59 Å². The summed E-state index contributed by atoms with van der Waals surface area (Å²) in [7, 11) is 6.27. The molecule has 0 aromatic heterocycles. The van der Waals surface area contributed by atoms with Crippen molar-refractivity contribution in [1.29, 1.82) is 0 Å². The fourth-order valence-electron chi connectivity index (χ4n) is 1.52. The Morgan fingerprint density at radius 2 is 1.53 bits per heavy atom. The van der Waals surface area contributed by atoms with Crippen molar-refractivity contribution in [3.05, 3.63) is 41.6 Å². The molecule has 102 valence electrons. The minimum Gasteiger partial charge on any atom is -0.465 e. The Morgan fingerprint density at radius 1 is 1.00 bits per heavy atom. The van der Waals surface area contributed by atoms with Crippen molar-refractivity contribution in [2.75, 3.05) is 28.3 Å². The fourth-order valence-corrected chi connectivity index (χ4v) is 1.52. The van der Waals surface area contributed by atoms with E-state index in [-0.39, 0.29) is 0 Å². The van der Waals surface area contributed by atoms with E-state index in [2.05, 4.69) is 4.74 Å². The molecule has 0 N–H and O–H groups in total. The molecule has 19 heavy (non-hydrogen) atoms. The van der Waals surface area contributed by atoms with E-state index in [0.717, 1.165) is 0 Å². The summed E-state index contributed by atoms with van der Waals surface area (Å²) in [5.41, 5.74) is 1.53. The molecule has 0 amide bonds. The van der Waals surface area contributed by atoms with Crippen molar-refractivity contribution in [2.45, 2.75) is 0 Å². The number of carbonyl (C=O) groups is 2. The normalized spacial score (nSPS) is 10.8. The minimum absolute atomic E-state index is 0.414. The lowest BCUT2D eigenvalue weighted by Crippen LogP contribution is -2.10. The van der Waals surface area contributed by atoms with Gasteiger partial charge >= 0.3 is 11.9 Å². The van der Waals surface area contributed by atoms with Gasteiger partial charge in [-0.1, -0.05) is 12.1 Å². The Kier molecular flexibility index (Phi) is 5.11. The summed E-state index contributed by atoms with van der Waals surface area (Å²) in [5, 5.41) is 0. The van der Waals surface area contributed by atoms with E-state index in [1.54, 1.807) is 35.4 Å². The Morgan fingerprint density at radius 3 is 1.95 bits per heavy atom. The predicted molar refractivity (Wildman–Crippen MR) is 71.5 cm³/mol. The summed E-state index contributed by atoms with van der Waals surface area (Å²) in [6.45, 7) is 0. The standard InChI is InChI=1S/C14H17NO4/c1-15(2)9-12(14(17)19-4)10-5-7-11(8-6-10)13(16)18-3/h5-9H,1-4H3/b12-9-. The summed E-state index contributed by atoms with van der Waals surface area (Å²) in [6.07, 6.45) is 1.67. The maximum atomic E-state index is 11.7. The van der Waals surface area contributed by atoms with Crippen molar-refractivity contribution in [3.63, 3.8) is 0 Å². The first kappa shape index (κ1) is 14.8. The molecule has 5 nitrogen and oxygen atoms in total. The predicted octanol–water partition coefficient (Wildman–Crippen LogP) is 1.55. The highest BCUT2D eigenvalue weighted by Crippen LogP contribution is 2.17. The number of hydrogen-bond donors (Lipinski definition) is 0. The van der Waals surface area contributed by atoms with Crippen LogP contribution >= 0.6 is 0 Å². The zero-order valence-electron chi connectivity index (χ0n) is 11.5. The first-order valence-electron chi connectivity index (χ1n) is 5.65. The van der Waals surface area contributed by atoms with Crippen LogP contribution < -0.4 is 0 Å². The lowest BCUT2D eigenvalue weighted by molar-refractivity contribution is -0.133. The second-order valence-electron chi connectivity index (χ2n) is 4.07. The fraction of sp³-hybridized carbons (Fsp3) is 0.286. The molecule has 0 aliphatic heterocycles. The molecule has 0 spiro atoms. The van der Waals surface area contributed by atoms with Crippen LogP contribution in [0.2, 0.25) is 0 Å². The van der Waals surface area contributed by atoms with E-state index >= 15 is 0 Å². The molecule has 0 atom stereocenters. The minimum atomic E-state index is -0.431. The van der Waals surface area contributed by atoms with E-state index in [9.17, 15) is 9.59 Å². The van der Waals surface area contributed by atoms with Crippen molar-refractivity contribution in [2.24, 2.45) is 0 Å². The average molecular weight is 263 g/mol. The third-order valence-corrected chi connectivity index (χ3v) is 2.41. The number of ether oxygens (including phenoxy) is 2. The van der Waals surface area contributed by atoms with Crippen molar-refractivity contribution in [1.82, 2.24) is 4.90 Å². The van der Waals surface area contributed by atoms with Crippen LogP contribution in [0.15, 0.2) is 30.5 Å². The summed E-state index contributed by atoms with van der Waals surface area (Å²) >= 11 is 0. The zero-order valence-corrected chi connectivity index (χ0v) is 11.5. The van der Waals surface area contributed by atoms with Crippen molar-refractivity contribution >= 4 is 17.5 Å². The molecular weight excluding hydrogens is 246 g/mol. The number of rotatable bonds is 4. The number of methoxy groups -OCH3 is 2. The number of nitrogens with zero attached hydrogens (tertiary/aromatic N) is 1. The van der Waals surface area contributed by atoms with Crippen LogP contribution in [0.25, 0.3) is 5.57 Å². The summed E-state index contributed by atoms with van der Waals surface area (Å²) in [4.78, 5) is 24.8. The van der Waals surface area contributed by atoms with Crippen LogP contribution in [0.4, 0.5) is 0 Å². The van der Waals surface area contributed by atoms with Gasteiger partial charge in [-0.3, -0.25) is 0 Å². The number of carbonyl (C=O) groups excluding carboxylic acids is 2. The monoisotopic (exact) mass is 263 g/mol. The highest BCUT2D eigenvalue weighted by molar-refractivity contribution is 6.16. The zero-order chi connectivity index (χ0) is 14.4. The molecule has 0 aliphatic rings. The molecular formula is C14H17NO4. The van der Waals surface area contributed by atoms with Crippen LogP contribution in [0.5, 0.6) is 0 Å². The van der Waals surface area contributed by atoms with E-state index in [1.807, 2.05) is 14.1 Å². The summed E-state index contributed by atoms with van der Waals surface area (Å²) in [6, 6.07) is 6.57. The third kappa shape index (κ3) is 3.84. The van der Waals surface area contributed by atoms with Crippen molar-refractivity contribution in [3.8, 4) is 0 Å². The SMILES string of the molecule is COC(=O)/C(=C\N(C)C)c1ccc(C(=O)OC)cc1. The Labute approximate surface area is 112 Å². The molecule has 1 aromatic rings. The molecule has 0 fully saturated rings. The van der Waals surface area contributed by atoms with Gasteiger partial charge in [0.25, 0.3) is 0 Å². The van der Waals surface area contributed by atoms with Gasteiger partial charge in [0.15, 0.2) is 0 Å². The highest BCUT2D eigenvalue weighted by Gasteiger charge is 2.14. The second kappa shape index (κ2) is 6.58. The highest BCUT2D eigenvalue weighted by atomic mass is 16.5. The topological polar surface area (TPSA) is 55.8 Å². The van der Waals surface area contributed by atoms with Gasteiger partial charge in [-0.05, 0) is 17.7 Å². The molecule has 1 aromatic carbocycles. The molecule has 0 unspecified atom stereocenters. The largest absolute Gasteiger partial charge is 0.465 e. The van der Waals surface area contributed by atoms with Gasteiger partial charge in [-0.2, -0.15) is 0 Å². The summed E-state index contributed by atoms with van der Waals surface area (Å²) < 4.78 is 9.36. The van der Waals surface area contributed by atoms with Gasteiger partial charge in [0.1, 0.15) is 0 Å². The molecule has 0 aliphatic carbocycles. The molecule has 0 radical (unpaired) electrons. The quantitative estimate of drug-likeness (QED) is 0.609. The third-order valence-electron chi connectivity index (χ3n) is 2.41. The number of esters is 2. The molecule has 0 saturated heterocycles. The van der Waals surface area contributed by atoms with Crippen LogP contribution in [0.1, 0.15) is 15.9 Å². The van der Waals surface area contributed by atoms with Gasteiger partial charge in [0, 0.05) is 20.3 Å². The van der Waals surface area contributed by atoms with Gasteiger partial charge in [0.2, 0.25) is 0 Å². The summed E-state index contributed by atoms with van der Waals surface area (Å²) in [5.74, 6) is -0.845. The Bertz CT molecular complexity index is 489. The molecule has 0 saturated carbocycles. The maximum absolute atomic E-state index is 11.7. The van der Waals surface area contributed by atoms with Gasteiger partial charge in [-0.15, -0.1) is 0 Å². The maximum Gasteiger partial charge on any atom is 0.339 e. The first-order chi connectivity index (χ1) is 8.99. The van der Waals surface area contributed by atoms with E-state index < -0.39 is 11.9 Å². The van der Waals surface area contributed by atoms with Gasteiger partial charge < -0.3 is 14.4 Å². The molecule has 0 bridgehead atoms. The van der Waals surface area contributed by atoms with Crippen LogP contribution in [-0.4, -0.2) is 45.2 Å². The van der Waals surface area contributed by atoms with E-state index in [0.29, 0.717) is 16.7 Å². The van der Waals surface area contributed by atoms with Gasteiger partial charge in [0.05, 0.1) is 25.4 Å².